The molecular weight excluding hydrogens is 228 g/mol. The highest BCUT2D eigenvalue weighted by molar-refractivity contribution is 5.77. The Morgan fingerprint density at radius 1 is 1.39 bits per heavy atom. The van der Waals surface area contributed by atoms with E-state index in [2.05, 4.69) is 10.6 Å². The van der Waals surface area contributed by atoms with Crippen molar-refractivity contribution in [1.82, 2.24) is 10.6 Å². The lowest BCUT2D eigenvalue weighted by molar-refractivity contribution is -0.120. The first-order valence-electron chi connectivity index (χ1n) is 6.31. The monoisotopic (exact) mass is 250 g/mol. The van der Waals surface area contributed by atoms with Crippen LogP contribution in [0.2, 0.25) is 0 Å². The number of benzene rings is 1. The van der Waals surface area contributed by atoms with Gasteiger partial charge in [0.05, 0.1) is 13.1 Å². The Hall–Kier alpha value is -1.55. The van der Waals surface area contributed by atoms with E-state index in [0.717, 1.165) is 17.7 Å². The van der Waals surface area contributed by atoms with E-state index in [1.807, 2.05) is 38.1 Å². The lowest BCUT2D eigenvalue weighted by atomic mass is 10.2. The minimum Gasteiger partial charge on any atom is -0.488 e. The second-order valence-electron chi connectivity index (χ2n) is 4.25. The van der Waals surface area contributed by atoms with Gasteiger partial charge in [0.25, 0.3) is 0 Å². The van der Waals surface area contributed by atoms with Crippen LogP contribution in [0.5, 0.6) is 5.75 Å². The normalized spacial score (nSPS) is 11.9. The number of para-hydroxylation sites is 1. The molecule has 0 aliphatic heterocycles. The first kappa shape index (κ1) is 14.5. The maximum absolute atomic E-state index is 11.4. The zero-order valence-electron chi connectivity index (χ0n) is 11.3. The SMILES string of the molecule is CCC(CNC(=O)CNC)Oc1ccccc1C. The third-order valence-corrected chi connectivity index (χ3v) is 2.71. The summed E-state index contributed by atoms with van der Waals surface area (Å²) >= 11 is 0. The summed E-state index contributed by atoms with van der Waals surface area (Å²) in [4.78, 5) is 11.4. The van der Waals surface area contributed by atoms with Crippen molar-refractivity contribution >= 4 is 5.91 Å². The molecule has 1 aromatic carbocycles. The highest BCUT2D eigenvalue weighted by atomic mass is 16.5. The molecule has 1 rings (SSSR count). The van der Waals surface area contributed by atoms with Crippen LogP contribution in [0.15, 0.2) is 24.3 Å². The Morgan fingerprint density at radius 3 is 2.72 bits per heavy atom. The number of aryl methyl sites for hydroxylation is 1. The van der Waals surface area contributed by atoms with Gasteiger partial charge in [0.15, 0.2) is 0 Å². The van der Waals surface area contributed by atoms with E-state index in [4.69, 9.17) is 4.74 Å². The van der Waals surface area contributed by atoms with E-state index in [-0.39, 0.29) is 12.0 Å². The molecule has 0 heterocycles. The fourth-order valence-corrected chi connectivity index (χ4v) is 1.59. The molecule has 0 saturated heterocycles. The number of amides is 1. The fourth-order valence-electron chi connectivity index (χ4n) is 1.59. The van der Waals surface area contributed by atoms with Gasteiger partial charge in [-0.15, -0.1) is 0 Å². The quantitative estimate of drug-likeness (QED) is 0.771. The molecule has 1 unspecified atom stereocenters. The third kappa shape index (κ3) is 4.75. The van der Waals surface area contributed by atoms with Crippen LogP contribution in [-0.4, -0.2) is 32.1 Å². The van der Waals surface area contributed by atoms with E-state index in [1.54, 1.807) is 7.05 Å². The van der Waals surface area contributed by atoms with Crippen molar-refractivity contribution in [2.45, 2.75) is 26.4 Å². The predicted octanol–water partition coefficient (Wildman–Crippen LogP) is 1.49. The molecule has 4 heteroatoms. The second-order valence-corrected chi connectivity index (χ2v) is 4.25. The molecule has 0 radical (unpaired) electrons. The molecule has 0 aliphatic rings. The number of carbonyl (C=O) groups is 1. The van der Waals surface area contributed by atoms with E-state index in [9.17, 15) is 4.79 Å². The van der Waals surface area contributed by atoms with Crippen molar-refractivity contribution in [1.29, 1.82) is 0 Å². The molecule has 4 nitrogen and oxygen atoms in total. The lowest BCUT2D eigenvalue weighted by Gasteiger charge is -2.19. The highest BCUT2D eigenvalue weighted by Crippen LogP contribution is 2.18. The molecule has 100 valence electrons. The van der Waals surface area contributed by atoms with Gasteiger partial charge in [-0.05, 0) is 32.0 Å². The summed E-state index contributed by atoms with van der Waals surface area (Å²) in [7, 11) is 1.75. The average molecular weight is 250 g/mol. The van der Waals surface area contributed by atoms with Crippen molar-refractivity contribution < 1.29 is 9.53 Å². The molecule has 1 atom stereocenters. The molecule has 18 heavy (non-hydrogen) atoms. The summed E-state index contributed by atoms with van der Waals surface area (Å²) < 4.78 is 5.89. The van der Waals surface area contributed by atoms with Crippen LogP contribution in [0.4, 0.5) is 0 Å². The van der Waals surface area contributed by atoms with Crippen molar-refractivity contribution in [2.75, 3.05) is 20.1 Å². The number of nitrogens with one attached hydrogen (secondary N) is 2. The van der Waals surface area contributed by atoms with Crippen LogP contribution in [0.3, 0.4) is 0 Å². The Balaban J connectivity index is 2.47. The molecule has 1 aromatic rings. The van der Waals surface area contributed by atoms with E-state index in [1.165, 1.54) is 0 Å². The van der Waals surface area contributed by atoms with Gasteiger partial charge in [-0.2, -0.15) is 0 Å². The molecule has 2 N–H and O–H groups in total. The van der Waals surface area contributed by atoms with Gasteiger partial charge in [-0.25, -0.2) is 0 Å². The summed E-state index contributed by atoms with van der Waals surface area (Å²) in [5, 5.41) is 5.66. The zero-order valence-corrected chi connectivity index (χ0v) is 11.3. The molecule has 0 spiro atoms. The molecular formula is C14H22N2O2. The average Bonchev–Trinajstić information content (AvgIpc) is 2.37. The van der Waals surface area contributed by atoms with E-state index >= 15 is 0 Å². The Morgan fingerprint density at radius 2 is 2.11 bits per heavy atom. The Kier molecular flexibility index (Phi) is 6.22. The first-order valence-corrected chi connectivity index (χ1v) is 6.31. The van der Waals surface area contributed by atoms with Gasteiger partial charge in [0.1, 0.15) is 11.9 Å². The van der Waals surface area contributed by atoms with Crippen LogP contribution in [-0.2, 0) is 4.79 Å². The smallest absolute Gasteiger partial charge is 0.234 e. The number of ether oxygens (including phenoxy) is 1. The lowest BCUT2D eigenvalue weighted by Crippen LogP contribution is -2.39. The Labute approximate surface area is 109 Å². The van der Waals surface area contributed by atoms with Gasteiger partial charge >= 0.3 is 0 Å². The number of likely N-dealkylation sites (N-methyl/N-ethyl adjacent to an activating group) is 1. The van der Waals surface area contributed by atoms with Crippen LogP contribution in [0.1, 0.15) is 18.9 Å². The van der Waals surface area contributed by atoms with Crippen molar-refractivity contribution in [3.63, 3.8) is 0 Å². The van der Waals surface area contributed by atoms with E-state index < -0.39 is 0 Å². The molecule has 0 fully saturated rings. The maximum atomic E-state index is 11.4. The topological polar surface area (TPSA) is 50.4 Å². The third-order valence-electron chi connectivity index (χ3n) is 2.71. The van der Waals surface area contributed by atoms with Crippen molar-refractivity contribution in [3.05, 3.63) is 29.8 Å². The zero-order chi connectivity index (χ0) is 13.4. The van der Waals surface area contributed by atoms with Crippen LogP contribution in [0.25, 0.3) is 0 Å². The van der Waals surface area contributed by atoms with Gasteiger partial charge in [-0.1, -0.05) is 25.1 Å². The summed E-state index contributed by atoms with van der Waals surface area (Å²) in [6.07, 6.45) is 0.862. The van der Waals surface area contributed by atoms with Gasteiger partial charge in [0, 0.05) is 0 Å². The fraction of sp³-hybridized carbons (Fsp3) is 0.500. The van der Waals surface area contributed by atoms with Crippen LogP contribution >= 0.6 is 0 Å². The summed E-state index contributed by atoms with van der Waals surface area (Å²) in [6.45, 7) is 4.93. The van der Waals surface area contributed by atoms with Crippen LogP contribution in [0, 0.1) is 6.92 Å². The van der Waals surface area contributed by atoms with Crippen LogP contribution < -0.4 is 15.4 Å². The molecule has 0 aliphatic carbocycles. The number of rotatable bonds is 7. The van der Waals surface area contributed by atoms with Crippen molar-refractivity contribution in [2.24, 2.45) is 0 Å². The highest BCUT2D eigenvalue weighted by Gasteiger charge is 2.10. The minimum absolute atomic E-state index is 0.00639. The minimum atomic E-state index is -0.00988. The molecule has 0 bridgehead atoms. The predicted molar refractivity (Wildman–Crippen MR) is 72.8 cm³/mol. The number of carbonyl (C=O) groups excluding carboxylic acids is 1. The van der Waals surface area contributed by atoms with Gasteiger partial charge < -0.3 is 15.4 Å². The van der Waals surface area contributed by atoms with Gasteiger partial charge in [-0.3, -0.25) is 4.79 Å². The first-order chi connectivity index (χ1) is 8.67. The van der Waals surface area contributed by atoms with Crippen molar-refractivity contribution in [3.8, 4) is 5.75 Å². The molecule has 0 aromatic heterocycles. The maximum Gasteiger partial charge on any atom is 0.234 e. The molecule has 0 saturated carbocycles. The summed E-state index contributed by atoms with van der Waals surface area (Å²) in [5.41, 5.74) is 1.11. The summed E-state index contributed by atoms with van der Waals surface area (Å²) in [6, 6.07) is 7.90. The summed E-state index contributed by atoms with van der Waals surface area (Å²) in [5.74, 6) is 0.872. The molecule has 1 amide bonds. The van der Waals surface area contributed by atoms with Gasteiger partial charge in [0.2, 0.25) is 5.91 Å². The number of hydrogen-bond acceptors (Lipinski definition) is 3. The Bertz CT molecular complexity index is 380. The number of hydrogen-bond donors (Lipinski definition) is 2. The largest absolute Gasteiger partial charge is 0.488 e. The van der Waals surface area contributed by atoms with E-state index in [0.29, 0.717) is 13.1 Å². The second kappa shape index (κ2) is 7.71. The standard InChI is InChI=1S/C14H22N2O2/c1-4-12(9-16-14(17)10-15-3)18-13-8-6-5-7-11(13)2/h5-8,12,15H,4,9-10H2,1-3H3,(H,16,17).